The standard InChI is InChI=1S/C10H20N2O4/c1-3-7(2)6-11-10(16)12-8(4-5-13)9(14)15/h7-8,13H,3-6H2,1-2H3,(H,14,15)(H2,11,12,16). The Labute approximate surface area is 95.0 Å². The normalized spacial score (nSPS) is 13.9. The van der Waals surface area contributed by atoms with Crippen LogP contribution >= 0.6 is 0 Å². The molecule has 2 atom stereocenters. The molecule has 0 bridgehead atoms. The molecule has 2 amide bonds. The van der Waals surface area contributed by atoms with Crippen LogP contribution in [0.2, 0.25) is 0 Å². The first-order valence-electron chi connectivity index (χ1n) is 5.39. The van der Waals surface area contributed by atoms with Crippen molar-refractivity contribution in [3.05, 3.63) is 0 Å². The molecule has 0 aliphatic heterocycles. The summed E-state index contributed by atoms with van der Waals surface area (Å²) in [4.78, 5) is 22.0. The van der Waals surface area contributed by atoms with E-state index >= 15 is 0 Å². The highest BCUT2D eigenvalue weighted by Crippen LogP contribution is 1.97. The summed E-state index contributed by atoms with van der Waals surface area (Å²) in [6.45, 7) is 4.23. The molecule has 0 aromatic carbocycles. The molecular formula is C10H20N2O4. The van der Waals surface area contributed by atoms with Crippen molar-refractivity contribution in [3.63, 3.8) is 0 Å². The largest absolute Gasteiger partial charge is 0.480 e. The fourth-order valence-corrected chi connectivity index (χ4v) is 1.01. The quantitative estimate of drug-likeness (QED) is 0.502. The van der Waals surface area contributed by atoms with Crippen LogP contribution in [0.5, 0.6) is 0 Å². The van der Waals surface area contributed by atoms with E-state index in [1.807, 2.05) is 13.8 Å². The molecule has 6 nitrogen and oxygen atoms in total. The van der Waals surface area contributed by atoms with Gasteiger partial charge in [-0.25, -0.2) is 9.59 Å². The van der Waals surface area contributed by atoms with Gasteiger partial charge in [0.25, 0.3) is 0 Å². The smallest absolute Gasteiger partial charge is 0.326 e. The van der Waals surface area contributed by atoms with Gasteiger partial charge in [0.15, 0.2) is 0 Å². The number of carbonyl (C=O) groups excluding carboxylic acids is 1. The second kappa shape index (κ2) is 7.92. The molecule has 0 aliphatic rings. The molecule has 94 valence electrons. The zero-order valence-corrected chi connectivity index (χ0v) is 9.69. The summed E-state index contributed by atoms with van der Waals surface area (Å²) in [5, 5.41) is 22.2. The van der Waals surface area contributed by atoms with Gasteiger partial charge in [-0.05, 0) is 5.92 Å². The first kappa shape index (κ1) is 14.7. The maximum absolute atomic E-state index is 11.3. The number of carboxylic acid groups (broad SMARTS) is 1. The minimum Gasteiger partial charge on any atom is -0.480 e. The molecular weight excluding hydrogens is 212 g/mol. The zero-order valence-electron chi connectivity index (χ0n) is 9.69. The Balaban J connectivity index is 3.95. The molecule has 0 aliphatic carbocycles. The third-order valence-electron chi connectivity index (χ3n) is 2.33. The lowest BCUT2D eigenvalue weighted by molar-refractivity contribution is -0.139. The van der Waals surface area contributed by atoms with Crippen LogP contribution in [0.4, 0.5) is 4.79 Å². The van der Waals surface area contributed by atoms with Crippen molar-refractivity contribution >= 4 is 12.0 Å². The topological polar surface area (TPSA) is 98.7 Å². The molecule has 0 aromatic rings. The number of carbonyl (C=O) groups is 2. The lowest BCUT2D eigenvalue weighted by Crippen LogP contribution is -2.47. The second-order valence-electron chi connectivity index (χ2n) is 3.77. The van der Waals surface area contributed by atoms with E-state index in [1.165, 1.54) is 0 Å². The molecule has 0 radical (unpaired) electrons. The number of nitrogens with one attached hydrogen (secondary N) is 2. The van der Waals surface area contributed by atoms with Crippen LogP contribution in [0, 0.1) is 5.92 Å². The predicted molar refractivity (Wildman–Crippen MR) is 59.1 cm³/mol. The van der Waals surface area contributed by atoms with Gasteiger partial charge < -0.3 is 20.8 Å². The minimum absolute atomic E-state index is 0.00604. The summed E-state index contributed by atoms with van der Waals surface area (Å²) in [5.74, 6) is -0.792. The van der Waals surface area contributed by atoms with Crippen molar-refractivity contribution in [2.45, 2.75) is 32.7 Å². The van der Waals surface area contributed by atoms with Crippen molar-refractivity contribution in [1.29, 1.82) is 0 Å². The van der Waals surface area contributed by atoms with Gasteiger partial charge in [-0.2, -0.15) is 0 Å². The van der Waals surface area contributed by atoms with E-state index < -0.39 is 18.0 Å². The van der Waals surface area contributed by atoms with Gasteiger partial charge in [-0.3, -0.25) is 0 Å². The van der Waals surface area contributed by atoms with E-state index in [9.17, 15) is 9.59 Å². The Bertz CT molecular complexity index is 233. The average molecular weight is 232 g/mol. The number of urea groups is 1. The zero-order chi connectivity index (χ0) is 12.6. The van der Waals surface area contributed by atoms with Gasteiger partial charge in [0.1, 0.15) is 6.04 Å². The van der Waals surface area contributed by atoms with Crippen LogP contribution in [0.25, 0.3) is 0 Å². The molecule has 0 rings (SSSR count). The van der Waals surface area contributed by atoms with Crippen molar-refractivity contribution < 1.29 is 19.8 Å². The van der Waals surface area contributed by atoms with Crippen LogP contribution in [0.3, 0.4) is 0 Å². The molecule has 0 fully saturated rings. The molecule has 6 heteroatoms. The van der Waals surface area contributed by atoms with Gasteiger partial charge >= 0.3 is 12.0 Å². The Morgan fingerprint density at radius 3 is 2.44 bits per heavy atom. The lowest BCUT2D eigenvalue weighted by atomic mass is 10.1. The number of amides is 2. The van der Waals surface area contributed by atoms with Crippen LogP contribution in [-0.2, 0) is 4.79 Å². The van der Waals surface area contributed by atoms with E-state index in [2.05, 4.69) is 10.6 Å². The third kappa shape index (κ3) is 6.23. The fraction of sp³-hybridized carbons (Fsp3) is 0.800. The Hall–Kier alpha value is -1.30. The van der Waals surface area contributed by atoms with Gasteiger partial charge in [-0.1, -0.05) is 20.3 Å². The second-order valence-corrected chi connectivity index (χ2v) is 3.77. The molecule has 2 unspecified atom stereocenters. The number of aliphatic carboxylic acids is 1. The van der Waals surface area contributed by atoms with Crippen molar-refractivity contribution in [2.24, 2.45) is 5.92 Å². The molecule has 0 aromatic heterocycles. The average Bonchev–Trinajstić information content (AvgIpc) is 2.25. The van der Waals surface area contributed by atoms with Gasteiger partial charge in [-0.15, -0.1) is 0 Å². The summed E-state index contributed by atoms with van der Waals surface area (Å²) in [6.07, 6.45) is 0.950. The molecule has 16 heavy (non-hydrogen) atoms. The lowest BCUT2D eigenvalue weighted by Gasteiger charge is -2.15. The highest BCUT2D eigenvalue weighted by Gasteiger charge is 2.18. The fourth-order valence-electron chi connectivity index (χ4n) is 1.01. The summed E-state index contributed by atoms with van der Waals surface area (Å²) in [7, 11) is 0. The van der Waals surface area contributed by atoms with Crippen LogP contribution < -0.4 is 10.6 Å². The SMILES string of the molecule is CCC(C)CNC(=O)NC(CCO)C(=O)O. The number of rotatable bonds is 7. The number of aliphatic hydroxyl groups is 1. The minimum atomic E-state index is -1.15. The van der Waals surface area contributed by atoms with E-state index in [4.69, 9.17) is 10.2 Å². The monoisotopic (exact) mass is 232 g/mol. The van der Waals surface area contributed by atoms with Crippen molar-refractivity contribution in [3.8, 4) is 0 Å². The summed E-state index contributed by atoms with van der Waals surface area (Å²) in [5.41, 5.74) is 0. The predicted octanol–water partition coefficient (Wildman–Crippen LogP) is 0.167. The number of aliphatic hydroxyl groups excluding tert-OH is 1. The highest BCUT2D eigenvalue weighted by molar-refractivity contribution is 5.82. The number of hydrogen-bond donors (Lipinski definition) is 4. The third-order valence-corrected chi connectivity index (χ3v) is 2.33. The van der Waals surface area contributed by atoms with Crippen molar-refractivity contribution in [2.75, 3.05) is 13.2 Å². The first-order valence-corrected chi connectivity index (χ1v) is 5.39. The van der Waals surface area contributed by atoms with Gasteiger partial charge in [0.05, 0.1) is 0 Å². The highest BCUT2D eigenvalue weighted by atomic mass is 16.4. The number of carboxylic acids is 1. The first-order chi connectivity index (χ1) is 7.51. The summed E-state index contributed by atoms with van der Waals surface area (Å²) in [6, 6.07) is -1.55. The number of hydrogen-bond acceptors (Lipinski definition) is 3. The Kier molecular flexibility index (Phi) is 7.28. The van der Waals surface area contributed by atoms with E-state index in [1.54, 1.807) is 0 Å². The van der Waals surface area contributed by atoms with E-state index in [0.29, 0.717) is 12.5 Å². The van der Waals surface area contributed by atoms with Crippen LogP contribution in [0.15, 0.2) is 0 Å². The molecule has 0 saturated heterocycles. The molecule has 0 saturated carbocycles. The summed E-state index contributed by atoms with van der Waals surface area (Å²) >= 11 is 0. The molecule has 0 heterocycles. The maximum atomic E-state index is 11.3. The summed E-state index contributed by atoms with van der Waals surface area (Å²) < 4.78 is 0. The van der Waals surface area contributed by atoms with Gasteiger partial charge in [0, 0.05) is 19.6 Å². The Morgan fingerprint density at radius 1 is 1.38 bits per heavy atom. The van der Waals surface area contributed by atoms with Crippen LogP contribution in [0.1, 0.15) is 26.7 Å². The maximum Gasteiger partial charge on any atom is 0.326 e. The molecule has 4 N–H and O–H groups in total. The van der Waals surface area contributed by atoms with E-state index in [0.717, 1.165) is 6.42 Å². The molecule has 0 spiro atoms. The van der Waals surface area contributed by atoms with Crippen molar-refractivity contribution in [1.82, 2.24) is 10.6 Å². The van der Waals surface area contributed by atoms with Gasteiger partial charge in [0.2, 0.25) is 0 Å². The van der Waals surface area contributed by atoms with Crippen LogP contribution in [-0.4, -0.2) is 41.4 Å². The van der Waals surface area contributed by atoms with E-state index in [-0.39, 0.29) is 13.0 Å². The Morgan fingerprint density at radius 2 is 2.00 bits per heavy atom.